The van der Waals surface area contributed by atoms with Gasteiger partial charge in [0.15, 0.2) is 0 Å². The van der Waals surface area contributed by atoms with E-state index in [-0.39, 0.29) is 27.8 Å². The predicted molar refractivity (Wildman–Crippen MR) is 186 cm³/mol. The van der Waals surface area contributed by atoms with Gasteiger partial charge in [0.2, 0.25) is 12.6 Å². The van der Waals surface area contributed by atoms with Crippen LogP contribution in [-0.2, 0) is 21.1 Å². The second-order valence-corrected chi connectivity index (χ2v) is 11.3. The van der Waals surface area contributed by atoms with Gasteiger partial charge < -0.3 is 19.5 Å². The molecule has 0 spiro atoms. The molecule has 5 aromatic carbocycles. The Labute approximate surface area is 288 Å². The minimum absolute atomic E-state index is 0. The molecule has 0 aliphatic carbocycles. The van der Waals surface area contributed by atoms with Crippen molar-refractivity contribution in [3.05, 3.63) is 164 Å². The molecule has 2 aliphatic rings. The fourth-order valence-electron chi connectivity index (χ4n) is 6.70. The van der Waals surface area contributed by atoms with Crippen LogP contribution in [0.1, 0.15) is 0 Å². The van der Waals surface area contributed by atoms with Gasteiger partial charge in [0, 0.05) is 47.0 Å². The van der Waals surface area contributed by atoms with Crippen molar-refractivity contribution in [2.24, 2.45) is 0 Å². The molecule has 0 saturated heterocycles. The average Bonchev–Trinajstić information content (AvgIpc) is 3.13. The van der Waals surface area contributed by atoms with E-state index in [1.807, 2.05) is 48.7 Å². The van der Waals surface area contributed by atoms with E-state index in [1.54, 1.807) is 6.20 Å². The number of fused-ring (bicyclic) bond motifs is 4. The molecule has 0 unspecified atom stereocenters. The first-order chi connectivity index (χ1) is 22.8. The Morgan fingerprint density at radius 2 is 1.11 bits per heavy atom. The van der Waals surface area contributed by atoms with E-state index < -0.39 is 0 Å². The molecule has 5 nitrogen and oxygen atoms in total. The van der Waals surface area contributed by atoms with Crippen molar-refractivity contribution < 1.29 is 25.8 Å². The minimum atomic E-state index is -0.160. The van der Waals surface area contributed by atoms with Crippen LogP contribution in [0.4, 0.5) is 34.1 Å². The molecule has 0 bridgehead atoms. The Balaban J connectivity index is 0.00000324. The van der Waals surface area contributed by atoms with Gasteiger partial charge in [0.25, 0.3) is 0 Å². The second kappa shape index (κ2) is 12.1. The molecule has 0 radical (unpaired) electrons. The number of para-hydroxylation sites is 2. The maximum atomic E-state index is 6.27. The maximum Gasteiger partial charge on any atom is 2.00 e. The van der Waals surface area contributed by atoms with Crippen LogP contribution >= 0.6 is 0 Å². The molecule has 224 valence electrons. The summed E-state index contributed by atoms with van der Waals surface area (Å²) in [6.45, 7) is -0.160. The fourth-order valence-corrected chi connectivity index (χ4v) is 6.70. The molecular weight excluding hydrogens is 758 g/mol. The summed E-state index contributed by atoms with van der Waals surface area (Å²) in [6.07, 6.45) is 3.56. The zero-order valence-corrected chi connectivity index (χ0v) is 27.3. The molecule has 0 fully saturated rings. The van der Waals surface area contributed by atoms with Crippen LogP contribution < -0.4 is 30.9 Å². The van der Waals surface area contributed by atoms with E-state index in [4.69, 9.17) is 4.74 Å². The molecule has 4 heterocycles. The number of hydrogen-bond acceptors (Lipinski definition) is 5. The molecule has 2 aliphatic heterocycles. The van der Waals surface area contributed by atoms with Crippen molar-refractivity contribution in [2.75, 3.05) is 9.80 Å². The summed E-state index contributed by atoms with van der Waals surface area (Å²) < 4.78 is 6.27. The SMILES string of the molecule is [Pt+2].[c-]1c(Oc2ccccn2)ccc2c1B1c3[c-]c(-c4ccccn4)ccc3N(c3ccccc3)c3cccc(c31)N2c1ccccc1. The zero-order valence-electron chi connectivity index (χ0n) is 25.0. The van der Waals surface area contributed by atoms with Crippen LogP contribution in [0.5, 0.6) is 11.6 Å². The zero-order chi connectivity index (χ0) is 30.5. The van der Waals surface area contributed by atoms with Crippen LogP contribution in [0.25, 0.3) is 11.3 Å². The van der Waals surface area contributed by atoms with Crippen LogP contribution in [0.3, 0.4) is 0 Å². The van der Waals surface area contributed by atoms with Crippen molar-refractivity contribution in [3.8, 4) is 22.9 Å². The third kappa shape index (κ3) is 4.93. The first-order valence-electron chi connectivity index (χ1n) is 15.3. The van der Waals surface area contributed by atoms with Gasteiger partial charge in [-0.2, -0.15) is 5.46 Å². The molecule has 0 amide bonds. The number of benzene rings is 5. The summed E-state index contributed by atoms with van der Waals surface area (Å²) in [7, 11) is 0. The monoisotopic (exact) mass is 783 g/mol. The third-order valence-electron chi connectivity index (χ3n) is 8.59. The standard InChI is InChI=1S/C40H25BN4O.Pt/c1-3-12-29(13-4-1)44-35-22-20-28(34-16-7-9-24-42-34)26-32(35)41-33-27-31(46-39-19-8-10-25-43-39)21-23-36(33)45(30-14-5-2-6-15-30)38-18-11-17-37(44)40(38)41;/h1-25H;/q-2;+2. The number of nitrogens with zero attached hydrogens (tertiary/aromatic N) is 4. The first kappa shape index (κ1) is 29.0. The number of rotatable bonds is 5. The van der Waals surface area contributed by atoms with E-state index >= 15 is 0 Å². The Bertz CT molecular complexity index is 2190. The Hall–Kier alpha value is -5.45. The first-order valence-corrected chi connectivity index (χ1v) is 15.3. The fraction of sp³-hybridized carbons (Fsp3) is 0. The smallest absolute Gasteiger partial charge is 0.466 e. The largest absolute Gasteiger partial charge is 2.00 e. The molecule has 7 heteroatoms. The number of anilines is 6. The summed E-state index contributed by atoms with van der Waals surface area (Å²) in [5.74, 6) is 1.14. The molecular formula is C40H25BN4OPt. The topological polar surface area (TPSA) is 41.5 Å². The van der Waals surface area contributed by atoms with Gasteiger partial charge in [-0.15, -0.1) is 47.4 Å². The summed E-state index contributed by atoms with van der Waals surface area (Å²) in [5.41, 5.74) is 11.6. The van der Waals surface area contributed by atoms with Crippen LogP contribution in [-0.4, -0.2) is 16.7 Å². The maximum absolute atomic E-state index is 6.27. The summed E-state index contributed by atoms with van der Waals surface area (Å²) in [6, 6.07) is 55.3. The van der Waals surface area contributed by atoms with E-state index in [0.717, 1.165) is 56.3 Å². The van der Waals surface area contributed by atoms with Crippen LogP contribution in [0.2, 0.25) is 0 Å². The second-order valence-electron chi connectivity index (χ2n) is 11.3. The molecule has 2 aromatic heterocycles. The van der Waals surface area contributed by atoms with Gasteiger partial charge in [-0.05, 0) is 65.4 Å². The summed E-state index contributed by atoms with van der Waals surface area (Å²) in [5, 5.41) is 0. The molecule has 47 heavy (non-hydrogen) atoms. The molecule has 0 atom stereocenters. The van der Waals surface area contributed by atoms with Gasteiger partial charge in [-0.3, -0.25) is 0 Å². The Kier molecular flexibility index (Phi) is 7.43. The Morgan fingerprint density at radius 1 is 0.511 bits per heavy atom. The molecule has 0 N–H and O–H groups in total. The van der Waals surface area contributed by atoms with Crippen LogP contribution in [0, 0.1) is 12.1 Å². The van der Waals surface area contributed by atoms with Crippen molar-refractivity contribution in [2.45, 2.75) is 0 Å². The number of hydrogen-bond donors (Lipinski definition) is 0. The van der Waals surface area contributed by atoms with Crippen molar-refractivity contribution in [1.82, 2.24) is 9.97 Å². The number of aromatic nitrogens is 2. The predicted octanol–water partition coefficient (Wildman–Crippen LogP) is 7.62. The van der Waals surface area contributed by atoms with Gasteiger partial charge in [-0.25, -0.2) is 4.98 Å². The van der Waals surface area contributed by atoms with E-state index in [0.29, 0.717) is 11.6 Å². The molecule has 9 rings (SSSR count). The van der Waals surface area contributed by atoms with Gasteiger partial charge in [-0.1, -0.05) is 66.4 Å². The minimum Gasteiger partial charge on any atom is -0.466 e. The van der Waals surface area contributed by atoms with Gasteiger partial charge in [0.1, 0.15) is 0 Å². The van der Waals surface area contributed by atoms with Crippen molar-refractivity contribution in [1.29, 1.82) is 0 Å². The van der Waals surface area contributed by atoms with Gasteiger partial charge in [0.05, 0.1) is 0 Å². The quantitative estimate of drug-likeness (QED) is 0.133. The molecule has 0 saturated carbocycles. The third-order valence-corrected chi connectivity index (χ3v) is 8.59. The van der Waals surface area contributed by atoms with Gasteiger partial charge >= 0.3 is 21.1 Å². The normalized spacial score (nSPS) is 12.4. The van der Waals surface area contributed by atoms with Crippen molar-refractivity contribution in [3.63, 3.8) is 0 Å². The van der Waals surface area contributed by atoms with Crippen LogP contribution in [0.15, 0.2) is 152 Å². The number of pyridine rings is 2. The Morgan fingerprint density at radius 3 is 1.72 bits per heavy atom. The molecule has 7 aromatic rings. The van der Waals surface area contributed by atoms with E-state index in [9.17, 15) is 0 Å². The number of ether oxygens (including phenoxy) is 1. The summed E-state index contributed by atoms with van der Waals surface area (Å²) in [4.78, 5) is 13.8. The summed E-state index contributed by atoms with van der Waals surface area (Å²) >= 11 is 0. The van der Waals surface area contributed by atoms with Crippen molar-refractivity contribution >= 4 is 57.2 Å². The van der Waals surface area contributed by atoms with E-state index in [2.05, 4.69) is 129 Å². The average molecular weight is 784 g/mol. The van der Waals surface area contributed by atoms with E-state index in [1.165, 1.54) is 5.46 Å².